The lowest BCUT2D eigenvalue weighted by atomic mass is 10.1. The molecule has 1 aromatic carbocycles. The number of hydrogen-bond acceptors (Lipinski definition) is 2. The summed E-state index contributed by atoms with van der Waals surface area (Å²) in [5.74, 6) is -0.122. The molecule has 0 aliphatic heterocycles. The molecule has 0 saturated carbocycles. The number of hydrogen-bond donors (Lipinski definition) is 0. The van der Waals surface area contributed by atoms with Crippen LogP contribution in [0.4, 0.5) is 0 Å². The lowest BCUT2D eigenvalue weighted by Gasteiger charge is -2.12. The highest BCUT2D eigenvalue weighted by Crippen LogP contribution is 2.28. The largest absolute Gasteiger partial charge is 0.316 e. The molecule has 0 bridgehead atoms. The number of rotatable bonds is 3. The fourth-order valence-corrected chi connectivity index (χ4v) is 2.67. The molecule has 3 nitrogen and oxygen atoms in total. The van der Waals surface area contributed by atoms with Crippen LogP contribution in [0.5, 0.6) is 0 Å². The Labute approximate surface area is 133 Å². The van der Waals surface area contributed by atoms with Crippen molar-refractivity contribution in [3.63, 3.8) is 0 Å². The molecule has 21 heavy (non-hydrogen) atoms. The van der Waals surface area contributed by atoms with Crippen molar-refractivity contribution in [1.29, 1.82) is 5.26 Å². The van der Waals surface area contributed by atoms with Crippen molar-refractivity contribution >= 4 is 29.0 Å². The smallest absolute Gasteiger partial charge is 0.182 e. The summed E-state index contributed by atoms with van der Waals surface area (Å²) in [4.78, 5) is 12.1. The first kappa shape index (κ1) is 15.6. The Bertz CT molecular complexity index is 754. The van der Waals surface area contributed by atoms with E-state index in [0.717, 1.165) is 11.4 Å². The molecule has 108 valence electrons. The van der Waals surface area contributed by atoms with Crippen LogP contribution in [0.25, 0.3) is 5.69 Å². The number of carbonyl (C=O) groups is 1. The molecule has 1 atom stereocenters. The first-order valence-corrected chi connectivity index (χ1v) is 7.25. The number of nitrogens with zero attached hydrogens (tertiary/aromatic N) is 2. The van der Waals surface area contributed by atoms with E-state index in [1.54, 1.807) is 31.2 Å². The van der Waals surface area contributed by atoms with E-state index < -0.39 is 5.38 Å². The molecule has 0 radical (unpaired) electrons. The Morgan fingerprint density at radius 2 is 2.00 bits per heavy atom. The molecule has 1 unspecified atom stereocenters. The van der Waals surface area contributed by atoms with Gasteiger partial charge in [-0.2, -0.15) is 5.26 Å². The van der Waals surface area contributed by atoms with Crippen molar-refractivity contribution in [2.75, 3.05) is 0 Å². The number of aryl methyl sites for hydroxylation is 1. The molecule has 2 rings (SSSR count). The van der Waals surface area contributed by atoms with Crippen LogP contribution in [0.2, 0.25) is 5.02 Å². The average molecular weight is 321 g/mol. The number of nitriles is 1. The van der Waals surface area contributed by atoms with Gasteiger partial charge < -0.3 is 4.57 Å². The number of carbonyl (C=O) groups excluding carboxylic acids is 1. The Kier molecular flexibility index (Phi) is 4.41. The standard InChI is InChI=1S/C16H14Cl2N2O/c1-9-6-13(16(21)10(2)17)11(3)20(9)15-7-12(8-19)4-5-14(15)18/h4-7,10H,1-3H3. The van der Waals surface area contributed by atoms with Gasteiger partial charge in [-0.3, -0.25) is 4.79 Å². The predicted octanol–water partition coefficient (Wildman–Crippen LogP) is 4.43. The third kappa shape index (κ3) is 2.83. The molecule has 1 aromatic heterocycles. The maximum Gasteiger partial charge on any atom is 0.182 e. The summed E-state index contributed by atoms with van der Waals surface area (Å²) >= 11 is 12.1. The molecular formula is C16H14Cl2N2O. The molecule has 0 N–H and O–H groups in total. The lowest BCUT2D eigenvalue weighted by molar-refractivity contribution is 0.0991. The van der Waals surface area contributed by atoms with Crippen LogP contribution in [0.1, 0.15) is 34.2 Å². The van der Waals surface area contributed by atoms with E-state index in [1.165, 1.54) is 0 Å². The minimum atomic E-state index is -0.583. The van der Waals surface area contributed by atoms with Gasteiger partial charge in [0.2, 0.25) is 0 Å². The van der Waals surface area contributed by atoms with E-state index in [1.807, 2.05) is 18.4 Å². The summed E-state index contributed by atoms with van der Waals surface area (Å²) < 4.78 is 1.87. The molecule has 5 heteroatoms. The van der Waals surface area contributed by atoms with Gasteiger partial charge in [-0.1, -0.05) is 11.6 Å². The number of alkyl halides is 1. The van der Waals surface area contributed by atoms with Crippen LogP contribution in [0, 0.1) is 25.2 Å². The van der Waals surface area contributed by atoms with E-state index in [0.29, 0.717) is 21.8 Å². The minimum Gasteiger partial charge on any atom is -0.316 e. The average Bonchev–Trinajstić information content (AvgIpc) is 2.74. The fraction of sp³-hybridized carbons (Fsp3) is 0.250. The Hall–Kier alpha value is -1.76. The van der Waals surface area contributed by atoms with Crippen molar-refractivity contribution in [1.82, 2.24) is 4.57 Å². The van der Waals surface area contributed by atoms with Crippen molar-refractivity contribution in [2.45, 2.75) is 26.1 Å². The highest BCUT2D eigenvalue weighted by Gasteiger charge is 2.21. The summed E-state index contributed by atoms with van der Waals surface area (Å²) in [5.41, 5.74) is 3.41. The maximum absolute atomic E-state index is 12.1. The molecule has 0 fully saturated rings. The number of aromatic nitrogens is 1. The summed E-state index contributed by atoms with van der Waals surface area (Å²) in [6.07, 6.45) is 0. The van der Waals surface area contributed by atoms with Gasteiger partial charge in [0.1, 0.15) is 0 Å². The van der Waals surface area contributed by atoms with Crippen LogP contribution in [0.15, 0.2) is 24.3 Å². The second kappa shape index (κ2) is 5.93. The van der Waals surface area contributed by atoms with Gasteiger partial charge in [0, 0.05) is 17.0 Å². The molecule has 2 aromatic rings. The fourth-order valence-electron chi connectivity index (χ4n) is 2.35. The van der Waals surface area contributed by atoms with Crippen molar-refractivity contribution in [3.05, 3.63) is 51.8 Å². The van der Waals surface area contributed by atoms with Crippen LogP contribution in [0.3, 0.4) is 0 Å². The Morgan fingerprint density at radius 3 is 2.57 bits per heavy atom. The third-order valence-electron chi connectivity index (χ3n) is 3.37. The minimum absolute atomic E-state index is 0.122. The SMILES string of the molecule is Cc1cc(C(=O)C(C)Cl)c(C)n1-c1cc(C#N)ccc1Cl. The number of Topliss-reactive ketones (excluding diaryl/α,β-unsaturated/α-hetero) is 1. The Morgan fingerprint density at radius 1 is 1.33 bits per heavy atom. The zero-order valence-electron chi connectivity index (χ0n) is 11.9. The van der Waals surface area contributed by atoms with Gasteiger partial charge in [-0.25, -0.2) is 0 Å². The van der Waals surface area contributed by atoms with Crippen molar-refractivity contribution < 1.29 is 4.79 Å². The highest BCUT2D eigenvalue weighted by atomic mass is 35.5. The highest BCUT2D eigenvalue weighted by molar-refractivity contribution is 6.34. The van der Waals surface area contributed by atoms with E-state index >= 15 is 0 Å². The molecule has 0 amide bonds. The zero-order chi connectivity index (χ0) is 15.7. The van der Waals surface area contributed by atoms with Gasteiger partial charge in [0.25, 0.3) is 0 Å². The van der Waals surface area contributed by atoms with Crippen LogP contribution in [-0.4, -0.2) is 15.7 Å². The molecule has 1 heterocycles. The number of halogens is 2. The van der Waals surface area contributed by atoms with E-state index in [-0.39, 0.29) is 5.78 Å². The summed E-state index contributed by atoms with van der Waals surface area (Å²) in [6.45, 7) is 5.38. The zero-order valence-corrected chi connectivity index (χ0v) is 13.5. The van der Waals surface area contributed by atoms with Crippen LogP contribution >= 0.6 is 23.2 Å². The molecule has 0 aliphatic rings. The van der Waals surface area contributed by atoms with Crippen LogP contribution in [-0.2, 0) is 0 Å². The Balaban J connectivity index is 2.66. The van der Waals surface area contributed by atoms with Crippen molar-refractivity contribution in [2.24, 2.45) is 0 Å². The third-order valence-corrected chi connectivity index (χ3v) is 3.89. The first-order chi connectivity index (χ1) is 9.86. The van der Waals surface area contributed by atoms with Gasteiger partial charge in [0.15, 0.2) is 5.78 Å². The van der Waals surface area contributed by atoms with Crippen LogP contribution < -0.4 is 0 Å². The topological polar surface area (TPSA) is 45.8 Å². The molecule has 0 spiro atoms. The summed E-state index contributed by atoms with van der Waals surface area (Å²) in [6, 6.07) is 8.94. The molecule has 0 aliphatic carbocycles. The molecular weight excluding hydrogens is 307 g/mol. The monoisotopic (exact) mass is 320 g/mol. The second-order valence-electron chi connectivity index (χ2n) is 4.88. The van der Waals surface area contributed by atoms with Crippen molar-refractivity contribution in [3.8, 4) is 11.8 Å². The van der Waals surface area contributed by atoms with Gasteiger partial charge in [-0.15, -0.1) is 11.6 Å². The van der Waals surface area contributed by atoms with E-state index in [2.05, 4.69) is 6.07 Å². The first-order valence-electron chi connectivity index (χ1n) is 6.44. The number of benzene rings is 1. The van der Waals surface area contributed by atoms with Gasteiger partial charge >= 0.3 is 0 Å². The molecule has 0 saturated heterocycles. The summed E-state index contributed by atoms with van der Waals surface area (Å²) in [7, 11) is 0. The maximum atomic E-state index is 12.1. The predicted molar refractivity (Wildman–Crippen MR) is 84.6 cm³/mol. The van der Waals surface area contributed by atoms with E-state index in [4.69, 9.17) is 28.5 Å². The summed E-state index contributed by atoms with van der Waals surface area (Å²) in [5, 5.41) is 8.97. The van der Waals surface area contributed by atoms with Gasteiger partial charge in [-0.05, 0) is 45.0 Å². The number of ketones is 1. The second-order valence-corrected chi connectivity index (χ2v) is 5.94. The quantitative estimate of drug-likeness (QED) is 0.620. The normalized spacial score (nSPS) is 12.0. The lowest BCUT2D eigenvalue weighted by Crippen LogP contribution is -2.11. The van der Waals surface area contributed by atoms with Gasteiger partial charge in [0.05, 0.1) is 27.7 Å². The van der Waals surface area contributed by atoms with E-state index in [9.17, 15) is 4.79 Å².